The lowest BCUT2D eigenvalue weighted by atomic mass is 10.0. The molecule has 0 spiro atoms. The van der Waals surface area contributed by atoms with Gasteiger partial charge in [0.2, 0.25) is 5.91 Å². The molecule has 4 nitrogen and oxygen atoms in total. The van der Waals surface area contributed by atoms with Crippen molar-refractivity contribution >= 4 is 5.91 Å². The summed E-state index contributed by atoms with van der Waals surface area (Å²) < 4.78 is 0. The summed E-state index contributed by atoms with van der Waals surface area (Å²) in [6.45, 7) is 6.31. The number of aromatic nitrogens is 1. The van der Waals surface area contributed by atoms with E-state index >= 15 is 0 Å². The number of rotatable bonds is 7. The third kappa shape index (κ3) is 4.15. The average Bonchev–Trinajstić information content (AvgIpc) is 2.59. The van der Waals surface area contributed by atoms with Crippen molar-refractivity contribution in [1.29, 1.82) is 0 Å². The van der Waals surface area contributed by atoms with Gasteiger partial charge in [0.05, 0.1) is 0 Å². The second kappa shape index (κ2) is 8.29. The fraction of sp³-hybridized carbons (Fsp3) is 0.333. The molecule has 1 amide bonds. The molecule has 0 unspecified atom stereocenters. The number of likely N-dealkylation sites (N-methyl/N-ethyl adjacent to an activating group) is 1. The molecule has 0 fully saturated rings. The van der Waals surface area contributed by atoms with E-state index in [9.17, 15) is 4.79 Å². The Hall–Kier alpha value is -2.20. The summed E-state index contributed by atoms with van der Waals surface area (Å²) in [4.78, 5) is 18.9. The summed E-state index contributed by atoms with van der Waals surface area (Å²) in [7, 11) is 0. The van der Waals surface area contributed by atoms with E-state index in [0.29, 0.717) is 6.54 Å². The van der Waals surface area contributed by atoms with Gasteiger partial charge < -0.3 is 5.32 Å². The van der Waals surface area contributed by atoms with Gasteiger partial charge in [-0.05, 0) is 30.3 Å². The van der Waals surface area contributed by atoms with Gasteiger partial charge in [0.1, 0.15) is 6.04 Å². The molecule has 1 aromatic heterocycles. The van der Waals surface area contributed by atoms with E-state index in [1.165, 1.54) is 0 Å². The molecule has 0 radical (unpaired) electrons. The van der Waals surface area contributed by atoms with Crippen LogP contribution in [0.4, 0.5) is 0 Å². The maximum Gasteiger partial charge on any atom is 0.242 e. The van der Waals surface area contributed by atoms with Crippen molar-refractivity contribution in [3.05, 3.63) is 66.0 Å². The van der Waals surface area contributed by atoms with Gasteiger partial charge in [0.15, 0.2) is 0 Å². The topological polar surface area (TPSA) is 45.2 Å². The van der Waals surface area contributed by atoms with Crippen LogP contribution in [0.2, 0.25) is 0 Å². The van der Waals surface area contributed by atoms with Crippen molar-refractivity contribution in [3.63, 3.8) is 0 Å². The number of nitrogens with zero attached hydrogens (tertiary/aromatic N) is 2. The lowest BCUT2D eigenvalue weighted by Gasteiger charge is -2.29. The van der Waals surface area contributed by atoms with Gasteiger partial charge in [-0.3, -0.25) is 14.7 Å². The first-order valence-corrected chi connectivity index (χ1v) is 7.71. The van der Waals surface area contributed by atoms with Crippen LogP contribution in [0.1, 0.15) is 31.0 Å². The van der Waals surface area contributed by atoms with Gasteiger partial charge in [0, 0.05) is 18.9 Å². The number of amides is 1. The lowest BCUT2D eigenvalue weighted by molar-refractivity contribution is -0.126. The summed E-state index contributed by atoms with van der Waals surface area (Å²) in [5.74, 6) is 0.0266. The molecule has 1 heterocycles. The van der Waals surface area contributed by atoms with Crippen molar-refractivity contribution in [2.45, 2.75) is 26.4 Å². The Balaban J connectivity index is 2.12. The van der Waals surface area contributed by atoms with Gasteiger partial charge in [-0.1, -0.05) is 50.2 Å². The lowest BCUT2D eigenvalue weighted by Crippen LogP contribution is -2.40. The van der Waals surface area contributed by atoms with Gasteiger partial charge in [-0.25, -0.2) is 0 Å². The van der Waals surface area contributed by atoms with Gasteiger partial charge in [0.25, 0.3) is 0 Å². The molecule has 4 heteroatoms. The molecule has 0 aliphatic heterocycles. The third-order valence-corrected chi connectivity index (χ3v) is 3.73. The van der Waals surface area contributed by atoms with Gasteiger partial charge >= 0.3 is 0 Å². The molecular formula is C18H23N3O. The smallest absolute Gasteiger partial charge is 0.242 e. The molecule has 0 bridgehead atoms. The van der Waals surface area contributed by atoms with Crippen LogP contribution >= 0.6 is 0 Å². The number of pyridine rings is 1. The summed E-state index contributed by atoms with van der Waals surface area (Å²) in [5, 5.41) is 3.03. The van der Waals surface area contributed by atoms with Crippen LogP contribution in [0.3, 0.4) is 0 Å². The zero-order valence-electron chi connectivity index (χ0n) is 13.2. The van der Waals surface area contributed by atoms with E-state index in [1.54, 1.807) is 12.4 Å². The molecule has 2 aromatic rings. The van der Waals surface area contributed by atoms with Crippen LogP contribution < -0.4 is 5.32 Å². The minimum absolute atomic E-state index is 0.0266. The van der Waals surface area contributed by atoms with Crippen LogP contribution in [0.25, 0.3) is 0 Å². The van der Waals surface area contributed by atoms with E-state index in [-0.39, 0.29) is 11.9 Å². The Kier molecular flexibility index (Phi) is 6.10. The molecule has 0 saturated heterocycles. The molecule has 0 aliphatic carbocycles. The summed E-state index contributed by atoms with van der Waals surface area (Å²) in [5.41, 5.74) is 2.03. The van der Waals surface area contributed by atoms with E-state index in [4.69, 9.17) is 0 Å². The largest absolute Gasteiger partial charge is 0.350 e. The molecule has 116 valence electrons. The molecule has 1 atom stereocenters. The molecule has 0 aliphatic rings. The van der Waals surface area contributed by atoms with Crippen molar-refractivity contribution in [1.82, 2.24) is 15.2 Å². The summed E-state index contributed by atoms with van der Waals surface area (Å²) in [6, 6.07) is 13.5. The normalized spacial score (nSPS) is 12.1. The number of carbonyl (C=O) groups excluding carboxylic acids is 1. The summed E-state index contributed by atoms with van der Waals surface area (Å²) >= 11 is 0. The highest BCUT2D eigenvalue weighted by Gasteiger charge is 2.25. The van der Waals surface area contributed by atoms with E-state index < -0.39 is 0 Å². The minimum Gasteiger partial charge on any atom is -0.350 e. The standard InChI is InChI=1S/C18H23N3O/c1-3-21(4-2)17(16-10-6-5-7-11-16)18(22)20-14-15-9-8-12-19-13-15/h5-13,17H,3-4,14H2,1-2H3,(H,20,22)/t17-/m0/s1. The molecule has 2 rings (SSSR count). The predicted octanol–water partition coefficient (Wildman–Crippen LogP) is 2.78. The maximum absolute atomic E-state index is 12.7. The molecule has 22 heavy (non-hydrogen) atoms. The Morgan fingerprint density at radius 2 is 1.86 bits per heavy atom. The second-order valence-electron chi connectivity index (χ2n) is 5.11. The highest BCUT2D eigenvalue weighted by Crippen LogP contribution is 2.20. The third-order valence-electron chi connectivity index (χ3n) is 3.73. The Morgan fingerprint density at radius 1 is 1.14 bits per heavy atom. The summed E-state index contributed by atoms with van der Waals surface area (Å²) in [6.07, 6.45) is 3.50. The van der Waals surface area contributed by atoms with Gasteiger partial charge in [-0.2, -0.15) is 0 Å². The zero-order chi connectivity index (χ0) is 15.8. The van der Waals surface area contributed by atoms with Crippen molar-refractivity contribution in [3.8, 4) is 0 Å². The van der Waals surface area contributed by atoms with Crippen molar-refractivity contribution in [2.75, 3.05) is 13.1 Å². The van der Waals surface area contributed by atoms with Crippen molar-refractivity contribution in [2.24, 2.45) is 0 Å². The van der Waals surface area contributed by atoms with Crippen LogP contribution in [0.15, 0.2) is 54.9 Å². The van der Waals surface area contributed by atoms with Crippen LogP contribution in [-0.2, 0) is 11.3 Å². The van der Waals surface area contributed by atoms with E-state index in [0.717, 1.165) is 24.2 Å². The molecular weight excluding hydrogens is 274 g/mol. The second-order valence-corrected chi connectivity index (χ2v) is 5.11. The maximum atomic E-state index is 12.7. The number of carbonyl (C=O) groups is 1. The zero-order valence-corrected chi connectivity index (χ0v) is 13.2. The Labute approximate surface area is 132 Å². The minimum atomic E-state index is -0.257. The highest BCUT2D eigenvalue weighted by molar-refractivity contribution is 5.83. The highest BCUT2D eigenvalue weighted by atomic mass is 16.2. The van der Waals surface area contributed by atoms with Crippen LogP contribution in [0, 0.1) is 0 Å². The Morgan fingerprint density at radius 3 is 2.45 bits per heavy atom. The van der Waals surface area contributed by atoms with E-state index in [1.807, 2.05) is 42.5 Å². The average molecular weight is 297 g/mol. The number of hydrogen-bond donors (Lipinski definition) is 1. The quantitative estimate of drug-likeness (QED) is 0.854. The number of nitrogens with one attached hydrogen (secondary N) is 1. The SMILES string of the molecule is CCN(CC)[C@H](C(=O)NCc1cccnc1)c1ccccc1. The first kappa shape index (κ1) is 16.2. The number of hydrogen-bond acceptors (Lipinski definition) is 3. The number of benzene rings is 1. The monoisotopic (exact) mass is 297 g/mol. The van der Waals surface area contributed by atoms with Crippen LogP contribution in [-0.4, -0.2) is 28.9 Å². The fourth-order valence-corrected chi connectivity index (χ4v) is 2.54. The van der Waals surface area contributed by atoms with Gasteiger partial charge in [-0.15, -0.1) is 0 Å². The van der Waals surface area contributed by atoms with Crippen LogP contribution in [0.5, 0.6) is 0 Å². The molecule has 1 aromatic carbocycles. The van der Waals surface area contributed by atoms with Crippen molar-refractivity contribution < 1.29 is 4.79 Å². The Bertz CT molecular complexity index is 567. The predicted molar refractivity (Wildman–Crippen MR) is 88.2 cm³/mol. The fourth-order valence-electron chi connectivity index (χ4n) is 2.54. The van der Waals surface area contributed by atoms with E-state index in [2.05, 4.69) is 29.0 Å². The molecule has 0 saturated carbocycles. The first-order chi connectivity index (χ1) is 10.8. The first-order valence-electron chi connectivity index (χ1n) is 7.71. The molecule has 1 N–H and O–H groups in total.